The van der Waals surface area contributed by atoms with E-state index in [1.54, 1.807) is 6.20 Å². The van der Waals surface area contributed by atoms with E-state index in [1.165, 1.54) is 0 Å². The van der Waals surface area contributed by atoms with E-state index < -0.39 is 0 Å². The van der Waals surface area contributed by atoms with Crippen molar-refractivity contribution in [1.82, 2.24) is 10.3 Å². The van der Waals surface area contributed by atoms with Crippen LogP contribution in [0.25, 0.3) is 5.76 Å². The van der Waals surface area contributed by atoms with Gasteiger partial charge in [-0.3, -0.25) is 9.78 Å². The van der Waals surface area contributed by atoms with Crippen molar-refractivity contribution in [3.8, 4) is 0 Å². The quantitative estimate of drug-likeness (QED) is 0.586. The van der Waals surface area contributed by atoms with Gasteiger partial charge < -0.3 is 10.1 Å². The largest absolute Gasteiger partial charge is 0.494 e. The third-order valence-electron chi connectivity index (χ3n) is 2.98. The summed E-state index contributed by atoms with van der Waals surface area (Å²) in [6, 6.07) is 1.81. The average Bonchev–Trinajstić information content (AvgIpc) is 2.47. The Morgan fingerprint density at radius 1 is 1.40 bits per heavy atom. The Morgan fingerprint density at radius 2 is 2.15 bits per heavy atom. The number of amides is 1. The van der Waals surface area contributed by atoms with Gasteiger partial charge in [0.1, 0.15) is 5.76 Å². The topological polar surface area (TPSA) is 51.2 Å². The van der Waals surface area contributed by atoms with Gasteiger partial charge in [-0.05, 0) is 25.8 Å². The number of aryl methyl sites for hydroxylation is 1. The highest BCUT2D eigenvalue weighted by molar-refractivity contribution is 5.95. The van der Waals surface area contributed by atoms with Crippen LogP contribution in [0, 0.1) is 0 Å². The summed E-state index contributed by atoms with van der Waals surface area (Å²) in [6.07, 6.45) is 4.50. The fraction of sp³-hybridized carbons (Fsp3) is 0.500. The first kappa shape index (κ1) is 16.2. The third-order valence-corrected chi connectivity index (χ3v) is 2.98. The van der Waals surface area contributed by atoms with E-state index in [-0.39, 0.29) is 5.91 Å². The summed E-state index contributed by atoms with van der Waals surface area (Å²) in [5.74, 6) is 0.471. The molecule has 4 nitrogen and oxygen atoms in total. The highest BCUT2D eigenvalue weighted by Crippen LogP contribution is 2.17. The molecule has 0 atom stereocenters. The van der Waals surface area contributed by atoms with Gasteiger partial charge in [0.2, 0.25) is 0 Å². The lowest BCUT2D eigenvalue weighted by atomic mass is 10.1. The van der Waals surface area contributed by atoms with Crippen molar-refractivity contribution in [2.24, 2.45) is 0 Å². The number of rotatable bonds is 8. The monoisotopic (exact) mass is 276 g/mol. The highest BCUT2D eigenvalue weighted by Gasteiger charge is 2.13. The van der Waals surface area contributed by atoms with Crippen LogP contribution >= 0.6 is 0 Å². The Morgan fingerprint density at radius 3 is 2.75 bits per heavy atom. The molecular formula is C16H24N2O2. The van der Waals surface area contributed by atoms with Gasteiger partial charge >= 0.3 is 0 Å². The van der Waals surface area contributed by atoms with Gasteiger partial charge in [-0.25, -0.2) is 0 Å². The van der Waals surface area contributed by atoms with Crippen molar-refractivity contribution in [2.45, 2.75) is 40.0 Å². The van der Waals surface area contributed by atoms with E-state index in [4.69, 9.17) is 4.74 Å². The van der Waals surface area contributed by atoms with Crippen LogP contribution in [0.2, 0.25) is 0 Å². The SMILES string of the molecule is C=C(OCCCC)c1cnc(CC)c(C(=O)NCC)c1. The molecule has 0 saturated carbocycles. The van der Waals surface area contributed by atoms with Gasteiger partial charge in [0.25, 0.3) is 5.91 Å². The molecular weight excluding hydrogens is 252 g/mol. The lowest BCUT2D eigenvalue weighted by molar-refractivity contribution is 0.0954. The number of hydrogen-bond donors (Lipinski definition) is 1. The molecule has 0 aliphatic carbocycles. The fourth-order valence-corrected chi connectivity index (χ4v) is 1.80. The highest BCUT2D eigenvalue weighted by atomic mass is 16.5. The molecule has 0 fully saturated rings. The molecule has 1 aromatic rings. The van der Waals surface area contributed by atoms with Gasteiger partial charge in [0.05, 0.1) is 17.9 Å². The predicted octanol–water partition coefficient (Wildman–Crippen LogP) is 3.18. The zero-order valence-corrected chi connectivity index (χ0v) is 12.7. The number of pyridine rings is 1. The minimum Gasteiger partial charge on any atom is -0.494 e. The number of aromatic nitrogens is 1. The first-order valence-corrected chi connectivity index (χ1v) is 7.23. The Kier molecular flexibility index (Phi) is 6.77. The summed E-state index contributed by atoms with van der Waals surface area (Å²) in [6.45, 7) is 11.1. The summed E-state index contributed by atoms with van der Waals surface area (Å²) in [5.41, 5.74) is 2.16. The molecule has 0 aliphatic heterocycles. The van der Waals surface area contributed by atoms with Crippen LogP contribution in [0.1, 0.15) is 55.2 Å². The second kappa shape index (κ2) is 8.35. The summed E-state index contributed by atoms with van der Waals surface area (Å²) < 4.78 is 5.57. The lowest BCUT2D eigenvalue weighted by Gasteiger charge is -2.12. The average molecular weight is 276 g/mol. The Balaban J connectivity index is 2.91. The normalized spacial score (nSPS) is 10.2. The van der Waals surface area contributed by atoms with Crippen molar-refractivity contribution in [3.63, 3.8) is 0 Å². The molecule has 1 aromatic heterocycles. The maximum absolute atomic E-state index is 12.0. The van der Waals surface area contributed by atoms with Crippen LogP contribution in [0.3, 0.4) is 0 Å². The van der Waals surface area contributed by atoms with Crippen molar-refractivity contribution < 1.29 is 9.53 Å². The molecule has 1 heterocycles. The summed E-state index contributed by atoms with van der Waals surface area (Å²) in [5, 5.41) is 2.81. The van der Waals surface area contributed by atoms with Gasteiger partial charge in [-0.1, -0.05) is 26.8 Å². The number of ether oxygens (including phenoxy) is 1. The number of nitrogens with zero attached hydrogens (tertiary/aromatic N) is 1. The molecule has 0 aromatic carbocycles. The smallest absolute Gasteiger partial charge is 0.253 e. The van der Waals surface area contributed by atoms with Crippen molar-refractivity contribution in [3.05, 3.63) is 35.7 Å². The fourth-order valence-electron chi connectivity index (χ4n) is 1.80. The van der Waals surface area contributed by atoms with E-state index >= 15 is 0 Å². The van der Waals surface area contributed by atoms with Crippen LogP contribution in [-0.2, 0) is 11.2 Å². The second-order valence-electron chi connectivity index (χ2n) is 4.56. The molecule has 0 unspecified atom stereocenters. The zero-order valence-electron chi connectivity index (χ0n) is 12.7. The van der Waals surface area contributed by atoms with Crippen LogP contribution in [0.4, 0.5) is 0 Å². The minimum absolute atomic E-state index is 0.0972. The molecule has 0 saturated heterocycles. The van der Waals surface area contributed by atoms with E-state index in [1.807, 2.05) is 19.9 Å². The standard InChI is InChI=1S/C16H24N2O2/c1-5-8-9-20-12(4)13-10-14(16(19)17-7-3)15(6-2)18-11-13/h10-11H,4-9H2,1-3H3,(H,17,19). The van der Waals surface area contributed by atoms with Gasteiger partial charge in [-0.2, -0.15) is 0 Å². The number of hydrogen-bond acceptors (Lipinski definition) is 3. The summed E-state index contributed by atoms with van der Waals surface area (Å²) in [7, 11) is 0. The van der Waals surface area contributed by atoms with Gasteiger partial charge in [0.15, 0.2) is 0 Å². The Hall–Kier alpha value is -1.84. The van der Waals surface area contributed by atoms with E-state index in [0.717, 1.165) is 30.5 Å². The van der Waals surface area contributed by atoms with Crippen LogP contribution in [-0.4, -0.2) is 24.0 Å². The summed E-state index contributed by atoms with van der Waals surface area (Å²) >= 11 is 0. The second-order valence-corrected chi connectivity index (χ2v) is 4.56. The maximum Gasteiger partial charge on any atom is 0.253 e. The number of nitrogens with one attached hydrogen (secondary N) is 1. The first-order chi connectivity index (χ1) is 9.63. The van der Waals surface area contributed by atoms with Gasteiger partial charge in [0, 0.05) is 18.3 Å². The van der Waals surface area contributed by atoms with Crippen LogP contribution in [0.5, 0.6) is 0 Å². The molecule has 1 rings (SSSR count). The van der Waals surface area contributed by atoms with E-state index in [2.05, 4.69) is 23.8 Å². The molecule has 1 amide bonds. The molecule has 0 aliphatic rings. The molecule has 1 N–H and O–H groups in total. The first-order valence-electron chi connectivity index (χ1n) is 7.23. The molecule has 0 radical (unpaired) electrons. The predicted molar refractivity (Wildman–Crippen MR) is 81.5 cm³/mol. The van der Waals surface area contributed by atoms with E-state index in [0.29, 0.717) is 24.5 Å². The number of carbonyl (C=O) groups is 1. The lowest BCUT2D eigenvalue weighted by Crippen LogP contribution is -2.24. The van der Waals surface area contributed by atoms with Gasteiger partial charge in [-0.15, -0.1) is 0 Å². The molecule has 0 bridgehead atoms. The third kappa shape index (κ3) is 4.37. The minimum atomic E-state index is -0.0972. The molecule has 0 spiro atoms. The maximum atomic E-state index is 12.0. The van der Waals surface area contributed by atoms with Crippen molar-refractivity contribution in [1.29, 1.82) is 0 Å². The number of unbranched alkanes of at least 4 members (excludes halogenated alkanes) is 1. The molecule has 4 heteroatoms. The Labute approximate surface area is 121 Å². The molecule has 20 heavy (non-hydrogen) atoms. The van der Waals surface area contributed by atoms with Crippen LogP contribution in [0.15, 0.2) is 18.8 Å². The number of carbonyl (C=O) groups excluding carboxylic acids is 1. The summed E-state index contributed by atoms with van der Waals surface area (Å²) in [4.78, 5) is 16.4. The van der Waals surface area contributed by atoms with Crippen molar-refractivity contribution >= 4 is 11.7 Å². The van der Waals surface area contributed by atoms with E-state index in [9.17, 15) is 4.79 Å². The van der Waals surface area contributed by atoms with Crippen LogP contribution < -0.4 is 5.32 Å². The molecule has 110 valence electrons. The Bertz CT molecular complexity index is 470. The van der Waals surface area contributed by atoms with Crippen molar-refractivity contribution in [2.75, 3.05) is 13.2 Å². The zero-order chi connectivity index (χ0) is 15.0.